The predicted octanol–water partition coefficient (Wildman–Crippen LogP) is 15.2. The molecule has 5 heteroatoms. The molecule has 0 N–H and O–H groups in total. The molecule has 0 saturated heterocycles. The molecule has 0 amide bonds. The van der Waals surface area contributed by atoms with E-state index in [1.807, 2.05) is 6.07 Å². The average Bonchev–Trinajstić information content (AvgIpc) is 4.14. The minimum atomic E-state index is 0.732. The van der Waals surface area contributed by atoms with Crippen LogP contribution in [0.25, 0.3) is 130 Å². The van der Waals surface area contributed by atoms with Gasteiger partial charge in [0.1, 0.15) is 0 Å². The summed E-state index contributed by atoms with van der Waals surface area (Å²) in [7, 11) is 0. The number of thiophene rings is 1. The summed E-state index contributed by atoms with van der Waals surface area (Å²) in [6, 6.07) is 66.9. The van der Waals surface area contributed by atoms with E-state index in [4.69, 9.17) is 9.97 Å². The van der Waals surface area contributed by atoms with E-state index in [2.05, 4.69) is 185 Å². The van der Waals surface area contributed by atoms with E-state index in [1.54, 1.807) is 11.3 Å². The van der Waals surface area contributed by atoms with Crippen LogP contribution in [0.5, 0.6) is 0 Å². The second kappa shape index (κ2) is 11.9. The molecule has 0 fully saturated rings. The van der Waals surface area contributed by atoms with Gasteiger partial charge < -0.3 is 4.40 Å². The Balaban J connectivity index is 0.899. The van der Waals surface area contributed by atoms with Crippen molar-refractivity contribution in [1.82, 2.24) is 18.9 Å². The number of nitrogens with zero attached hydrogens (tertiary/aromatic N) is 4. The van der Waals surface area contributed by atoms with E-state index >= 15 is 0 Å². The van der Waals surface area contributed by atoms with Crippen LogP contribution in [0.3, 0.4) is 0 Å². The van der Waals surface area contributed by atoms with E-state index in [1.165, 1.54) is 97.7 Å². The maximum absolute atomic E-state index is 5.39. The predicted molar refractivity (Wildman–Crippen MR) is 261 cm³/mol. The van der Waals surface area contributed by atoms with Crippen LogP contribution in [0.1, 0.15) is 11.1 Å². The third-order valence-corrected chi connectivity index (χ3v) is 14.8. The normalized spacial score (nSPS) is 12.8. The van der Waals surface area contributed by atoms with Gasteiger partial charge in [-0.15, -0.1) is 11.3 Å². The van der Waals surface area contributed by atoms with E-state index in [0.717, 1.165) is 50.3 Å². The second-order valence-electron chi connectivity index (χ2n) is 16.8. The summed E-state index contributed by atoms with van der Waals surface area (Å²) >= 11 is 1.77. The van der Waals surface area contributed by atoms with Gasteiger partial charge in [0.05, 0.1) is 37.8 Å². The molecule has 0 saturated carbocycles. The molecule has 5 heterocycles. The monoisotopic (exact) mass is 804 g/mol. The molecule has 0 atom stereocenters. The standard InChI is InChI=1S/C57H32N4S/c1-2-11-33(12-3-1)56-58-53-42-15-6-9-20-50(42)62-55(53)57(59-56)61-47-19-8-5-14-40(47)44-30-35(24-27-48(44)61)34-22-25-37-36(29-34)31-45-38(37)26-21-32-23-28-49-52(51(32)45)43-17-10-16-41-39-13-4-7-18-46(39)60(49)54(41)43/h1-30H,31H2. The molecule has 62 heavy (non-hydrogen) atoms. The van der Waals surface area contributed by atoms with Crippen molar-refractivity contribution >= 4 is 102 Å². The summed E-state index contributed by atoms with van der Waals surface area (Å²) in [4.78, 5) is 10.6. The fourth-order valence-corrected chi connectivity index (χ4v) is 12.2. The maximum Gasteiger partial charge on any atom is 0.162 e. The lowest BCUT2D eigenvalue weighted by molar-refractivity contribution is 1.08. The smallest absolute Gasteiger partial charge is 0.162 e. The van der Waals surface area contributed by atoms with Gasteiger partial charge in [0.15, 0.2) is 11.6 Å². The van der Waals surface area contributed by atoms with Crippen molar-refractivity contribution in [3.8, 4) is 39.5 Å². The summed E-state index contributed by atoms with van der Waals surface area (Å²) < 4.78 is 7.17. The number of fused-ring (bicyclic) bond motifs is 18. The fourth-order valence-electron chi connectivity index (χ4n) is 11.0. The summed E-state index contributed by atoms with van der Waals surface area (Å²) in [5, 5.41) is 11.6. The molecule has 0 bridgehead atoms. The molecule has 1 aliphatic carbocycles. The molecule has 0 radical (unpaired) electrons. The van der Waals surface area contributed by atoms with Crippen molar-refractivity contribution in [2.75, 3.05) is 0 Å². The Morgan fingerprint density at radius 1 is 0.452 bits per heavy atom. The van der Waals surface area contributed by atoms with Crippen molar-refractivity contribution in [2.24, 2.45) is 0 Å². The van der Waals surface area contributed by atoms with Crippen LogP contribution in [0.15, 0.2) is 182 Å². The zero-order valence-corrected chi connectivity index (χ0v) is 34.0. The van der Waals surface area contributed by atoms with Crippen molar-refractivity contribution in [3.63, 3.8) is 0 Å². The number of aromatic nitrogens is 4. The molecule has 0 spiro atoms. The van der Waals surface area contributed by atoms with Gasteiger partial charge in [-0.05, 0) is 87.0 Å². The number of para-hydroxylation sites is 3. The lowest BCUT2D eigenvalue weighted by atomic mass is 9.95. The average molecular weight is 805 g/mol. The van der Waals surface area contributed by atoms with Crippen molar-refractivity contribution in [1.29, 1.82) is 0 Å². The van der Waals surface area contributed by atoms with Crippen LogP contribution in [-0.4, -0.2) is 18.9 Å². The van der Waals surface area contributed by atoms with Crippen LogP contribution in [0.2, 0.25) is 0 Å². The van der Waals surface area contributed by atoms with Gasteiger partial charge in [0.2, 0.25) is 0 Å². The van der Waals surface area contributed by atoms with Crippen LogP contribution in [-0.2, 0) is 6.42 Å². The summed E-state index contributed by atoms with van der Waals surface area (Å²) in [5.74, 6) is 1.65. The van der Waals surface area contributed by atoms with Crippen LogP contribution >= 0.6 is 11.3 Å². The molecule has 1 aliphatic rings. The first-order valence-corrected chi connectivity index (χ1v) is 22.1. The number of hydrogen-bond acceptors (Lipinski definition) is 3. The maximum atomic E-state index is 5.39. The summed E-state index contributed by atoms with van der Waals surface area (Å²) in [6.45, 7) is 0. The highest BCUT2D eigenvalue weighted by Crippen LogP contribution is 2.48. The van der Waals surface area contributed by atoms with E-state index in [9.17, 15) is 0 Å². The van der Waals surface area contributed by atoms with Gasteiger partial charge in [0, 0.05) is 48.0 Å². The number of benzene rings is 9. The number of hydrogen-bond donors (Lipinski definition) is 0. The Kier molecular flexibility index (Phi) is 6.32. The minimum absolute atomic E-state index is 0.732. The quantitative estimate of drug-likeness (QED) is 0.178. The van der Waals surface area contributed by atoms with Crippen LogP contribution < -0.4 is 0 Å². The largest absolute Gasteiger partial charge is 0.308 e. The van der Waals surface area contributed by atoms with Crippen molar-refractivity contribution < 1.29 is 0 Å². The van der Waals surface area contributed by atoms with Gasteiger partial charge in [-0.3, -0.25) is 4.57 Å². The molecule has 9 aromatic carbocycles. The lowest BCUT2D eigenvalue weighted by Crippen LogP contribution is -2.01. The first kappa shape index (κ1) is 32.9. The first-order chi connectivity index (χ1) is 30.7. The Bertz CT molecular complexity index is 4250. The van der Waals surface area contributed by atoms with Crippen LogP contribution in [0.4, 0.5) is 0 Å². The third kappa shape index (κ3) is 4.25. The van der Waals surface area contributed by atoms with Crippen molar-refractivity contribution in [2.45, 2.75) is 6.42 Å². The Hall–Kier alpha value is -7.86. The minimum Gasteiger partial charge on any atom is -0.308 e. The first-order valence-electron chi connectivity index (χ1n) is 21.3. The zero-order valence-electron chi connectivity index (χ0n) is 33.2. The Morgan fingerprint density at radius 3 is 2.03 bits per heavy atom. The van der Waals surface area contributed by atoms with E-state index in [0.29, 0.717) is 0 Å². The van der Waals surface area contributed by atoms with E-state index < -0.39 is 0 Å². The van der Waals surface area contributed by atoms with Crippen LogP contribution in [0, 0.1) is 0 Å². The highest BCUT2D eigenvalue weighted by molar-refractivity contribution is 7.26. The molecule has 0 unspecified atom stereocenters. The number of rotatable bonds is 3. The highest BCUT2D eigenvalue weighted by atomic mass is 32.1. The molecular formula is C57H32N4S. The van der Waals surface area contributed by atoms with Gasteiger partial charge in [0.25, 0.3) is 0 Å². The highest BCUT2D eigenvalue weighted by Gasteiger charge is 2.26. The third-order valence-electron chi connectivity index (χ3n) is 13.7. The molecule has 4 nitrogen and oxygen atoms in total. The van der Waals surface area contributed by atoms with Crippen molar-refractivity contribution in [3.05, 3.63) is 193 Å². The molecule has 5 aromatic heterocycles. The fraction of sp³-hybridized carbons (Fsp3) is 0.0175. The molecule has 15 rings (SSSR count). The summed E-state index contributed by atoms with van der Waals surface area (Å²) in [5.41, 5.74) is 16.1. The van der Waals surface area contributed by atoms with Gasteiger partial charge in [-0.2, -0.15) is 0 Å². The summed E-state index contributed by atoms with van der Waals surface area (Å²) in [6.07, 6.45) is 0.905. The van der Waals surface area contributed by atoms with E-state index in [-0.39, 0.29) is 0 Å². The second-order valence-corrected chi connectivity index (χ2v) is 17.9. The Morgan fingerprint density at radius 2 is 1.13 bits per heavy atom. The topological polar surface area (TPSA) is 35.1 Å². The molecule has 14 aromatic rings. The van der Waals surface area contributed by atoms with Gasteiger partial charge >= 0.3 is 0 Å². The van der Waals surface area contributed by atoms with Gasteiger partial charge in [-0.1, -0.05) is 146 Å². The molecule has 286 valence electrons. The molecule has 0 aliphatic heterocycles. The molecular weight excluding hydrogens is 773 g/mol. The zero-order chi connectivity index (χ0) is 40.2. The SMILES string of the molecule is c1ccc(-c2nc(-n3c4ccccc4c4cc(-c5ccc6c(c5)Cc5c-6ccc6ccc7c(c8cccc9c%10ccccc%10n7c98)c56)ccc43)c3sc4ccccc4c3n2)cc1. The lowest BCUT2D eigenvalue weighted by Gasteiger charge is -2.11. The Labute approximate surface area is 358 Å². The van der Waals surface area contributed by atoms with Gasteiger partial charge in [-0.25, -0.2) is 9.97 Å².